The van der Waals surface area contributed by atoms with Gasteiger partial charge >= 0.3 is 5.97 Å². The number of carboxylic acids is 1. The van der Waals surface area contributed by atoms with Gasteiger partial charge in [-0.05, 0) is 37.6 Å². The zero-order valence-corrected chi connectivity index (χ0v) is 11.4. The number of hydrogen-bond acceptors (Lipinski definition) is 3. The Bertz CT molecular complexity index is 529. The molecule has 1 N–H and O–H groups in total. The summed E-state index contributed by atoms with van der Waals surface area (Å²) < 4.78 is 0. The number of rotatable bonds is 5. The molecule has 0 saturated heterocycles. The molecular weight excluding hydrogens is 240 g/mol. The third-order valence-electron chi connectivity index (χ3n) is 3.02. The lowest BCUT2D eigenvalue weighted by Crippen LogP contribution is -2.28. The predicted octanol–water partition coefficient (Wildman–Crippen LogP) is 2.83. The second-order valence-electron chi connectivity index (χ2n) is 4.56. The molecule has 1 rings (SSSR count). The summed E-state index contributed by atoms with van der Waals surface area (Å²) in [5.41, 5.74) is 2.83. The fourth-order valence-corrected chi connectivity index (χ4v) is 1.80. The second-order valence-corrected chi connectivity index (χ2v) is 4.56. The highest BCUT2D eigenvalue weighted by atomic mass is 16.4. The summed E-state index contributed by atoms with van der Waals surface area (Å²) in [5, 5.41) is 17.5. The summed E-state index contributed by atoms with van der Waals surface area (Å²) >= 11 is 0. The molecule has 0 aromatic heterocycles. The van der Waals surface area contributed by atoms with Crippen molar-refractivity contribution >= 4 is 17.7 Å². The predicted molar refractivity (Wildman–Crippen MR) is 75.9 cm³/mol. The Morgan fingerprint density at radius 1 is 1.58 bits per heavy atom. The minimum atomic E-state index is -0.972. The topological polar surface area (TPSA) is 64.3 Å². The van der Waals surface area contributed by atoms with Crippen molar-refractivity contribution < 1.29 is 9.90 Å². The van der Waals surface area contributed by atoms with Gasteiger partial charge in [0, 0.05) is 24.9 Å². The molecule has 4 heteroatoms. The molecule has 0 radical (unpaired) electrons. The average Bonchev–Trinajstić information content (AvgIpc) is 2.36. The van der Waals surface area contributed by atoms with E-state index in [2.05, 4.69) is 6.07 Å². The fraction of sp³-hybridized carbons (Fsp3) is 0.333. The number of anilines is 1. The van der Waals surface area contributed by atoms with Crippen molar-refractivity contribution in [2.24, 2.45) is 0 Å². The average molecular weight is 258 g/mol. The second kappa shape index (κ2) is 6.60. The number of carboxylic acid groups (broad SMARTS) is 1. The number of hydrogen-bond donors (Lipinski definition) is 1. The van der Waals surface area contributed by atoms with Gasteiger partial charge in [-0.25, -0.2) is 4.79 Å². The Balaban J connectivity index is 3.13. The molecule has 0 amide bonds. The monoisotopic (exact) mass is 258 g/mol. The third-order valence-corrected chi connectivity index (χ3v) is 3.02. The van der Waals surface area contributed by atoms with Crippen LogP contribution in [0.4, 0.5) is 5.69 Å². The molecule has 1 aromatic carbocycles. The largest absolute Gasteiger partial charge is 0.478 e. The molecule has 1 atom stereocenters. The van der Waals surface area contributed by atoms with Crippen LogP contribution in [0.5, 0.6) is 0 Å². The highest BCUT2D eigenvalue weighted by molar-refractivity contribution is 5.87. The van der Waals surface area contributed by atoms with Crippen LogP contribution in [-0.2, 0) is 4.79 Å². The smallest absolute Gasteiger partial charge is 0.328 e. The van der Waals surface area contributed by atoms with E-state index in [4.69, 9.17) is 10.4 Å². The van der Waals surface area contributed by atoms with Crippen molar-refractivity contribution in [2.75, 3.05) is 11.9 Å². The van der Waals surface area contributed by atoms with Crippen molar-refractivity contribution in [1.29, 1.82) is 5.26 Å². The number of benzene rings is 1. The molecule has 4 nitrogen and oxygen atoms in total. The van der Waals surface area contributed by atoms with Gasteiger partial charge < -0.3 is 10.0 Å². The van der Waals surface area contributed by atoms with E-state index in [1.165, 1.54) is 0 Å². The number of carbonyl (C=O) groups is 1. The van der Waals surface area contributed by atoms with Crippen LogP contribution in [0.3, 0.4) is 0 Å². The van der Waals surface area contributed by atoms with Gasteiger partial charge in [0.1, 0.15) is 0 Å². The van der Waals surface area contributed by atoms with Gasteiger partial charge in [-0.3, -0.25) is 0 Å². The maximum absolute atomic E-state index is 10.6. The maximum atomic E-state index is 10.6. The number of aliphatic carboxylic acids is 1. The lowest BCUT2D eigenvalue weighted by molar-refractivity contribution is -0.131. The summed E-state index contributed by atoms with van der Waals surface area (Å²) in [6.07, 6.45) is 3.13. The molecule has 0 aliphatic rings. The van der Waals surface area contributed by atoms with Crippen LogP contribution < -0.4 is 4.90 Å². The molecule has 1 aromatic rings. The van der Waals surface area contributed by atoms with E-state index in [9.17, 15) is 4.79 Å². The Hall–Kier alpha value is -2.28. The maximum Gasteiger partial charge on any atom is 0.328 e. The number of nitriles is 1. The molecule has 0 fully saturated rings. The van der Waals surface area contributed by atoms with Crippen LogP contribution in [0.25, 0.3) is 6.08 Å². The summed E-state index contributed by atoms with van der Waals surface area (Å²) in [6, 6.07) is 8.08. The number of aryl methyl sites for hydroxylation is 1. The lowest BCUT2D eigenvalue weighted by Gasteiger charge is -2.27. The van der Waals surface area contributed by atoms with Crippen molar-refractivity contribution in [3.05, 3.63) is 35.4 Å². The van der Waals surface area contributed by atoms with Crippen LogP contribution in [-0.4, -0.2) is 24.2 Å². The third kappa shape index (κ3) is 4.14. The van der Waals surface area contributed by atoms with Crippen LogP contribution >= 0.6 is 0 Å². The van der Waals surface area contributed by atoms with Gasteiger partial charge in [-0.2, -0.15) is 5.26 Å². The van der Waals surface area contributed by atoms with E-state index >= 15 is 0 Å². The first kappa shape index (κ1) is 14.8. The Labute approximate surface area is 113 Å². The Morgan fingerprint density at radius 2 is 2.26 bits per heavy atom. The van der Waals surface area contributed by atoms with E-state index in [0.29, 0.717) is 6.42 Å². The van der Waals surface area contributed by atoms with Crippen molar-refractivity contribution in [1.82, 2.24) is 0 Å². The molecule has 100 valence electrons. The zero-order valence-electron chi connectivity index (χ0n) is 11.4. The summed E-state index contributed by atoms with van der Waals surface area (Å²) in [6.45, 7) is 3.92. The lowest BCUT2D eigenvalue weighted by atomic mass is 10.1. The van der Waals surface area contributed by atoms with Gasteiger partial charge in [0.2, 0.25) is 0 Å². The molecule has 1 unspecified atom stereocenters. The van der Waals surface area contributed by atoms with Gasteiger partial charge in [0.05, 0.1) is 12.5 Å². The van der Waals surface area contributed by atoms with E-state index in [1.807, 2.05) is 44.0 Å². The standard InChI is InChI=1S/C15H18N2O2/c1-11-4-6-14(17(3)12(2)8-9-16)13(10-11)5-7-15(18)19/h4-7,10,12H,8H2,1-3H3,(H,18,19)/b7-5+. The molecule has 0 saturated carbocycles. The summed E-state index contributed by atoms with van der Waals surface area (Å²) in [4.78, 5) is 12.6. The van der Waals surface area contributed by atoms with Gasteiger partial charge in [-0.1, -0.05) is 11.6 Å². The number of nitrogens with zero attached hydrogens (tertiary/aromatic N) is 2. The van der Waals surface area contributed by atoms with Gasteiger partial charge in [0.25, 0.3) is 0 Å². The quantitative estimate of drug-likeness (QED) is 0.825. The van der Waals surface area contributed by atoms with Crippen LogP contribution in [0.2, 0.25) is 0 Å². The Kier molecular flexibility index (Phi) is 5.13. The van der Waals surface area contributed by atoms with Gasteiger partial charge in [-0.15, -0.1) is 0 Å². The zero-order chi connectivity index (χ0) is 14.4. The van der Waals surface area contributed by atoms with Crippen molar-refractivity contribution in [3.8, 4) is 6.07 Å². The first-order chi connectivity index (χ1) is 8.95. The van der Waals surface area contributed by atoms with Crippen LogP contribution in [0.15, 0.2) is 24.3 Å². The molecule has 0 heterocycles. The molecule has 19 heavy (non-hydrogen) atoms. The summed E-state index contributed by atoms with van der Waals surface area (Å²) in [5.74, 6) is -0.972. The minimum absolute atomic E-state index is 0.0738. The molecule has 0 aliphatic heterocycles. The molecular formula is C15H18N2O2. The minimum Gasteiger partial charge on any atom is -0.478 e. The van der Waals surface area contributed by atoms with Crippen LogP contribution in [0, 0.1) is 18.3 Å². The van der Waals surface area contributed by atoms with E-state index < -0.39 is 5.97 Å². The first-order valence-electron chi connectivity index (χ1n) is 6.07. The van der Waals surface area contributed by atoms with E-state index in [0.717, 1.165) is 22.9 Å². The fourth-order valence-electron chi connectivity index (χ4n) is 1.80. The highest BCUT2D eigenvalue weighted by Gasteiger charge is 2.12. The van der Waals surface area contributed by atoms with Crippen molar-refractivity contribution in [2.45, 2.75) is 26.3 Å². The first-order valence-corrected chi connectivity index (χ1v) is 6.07. The summed E-state index contributed by atoms with van der Waals surface area (Å²) in [7, 11) is 1.91. The van der Waals surface area contributed by atoms with Crippen molar-refractivity contribution in [3.63, 3.8) is 0 Å². The highest BCUT2D eigenvalue weighted by Crippen LogP contribution is 2.24. The van der Waals surface area contributed by atoms with Crippen LogP contribution in [0.1, 0.15) is 24.5 Å². The van der Waals surface area contributed by atoms with Gasteiger partial charge in [0.15, 0.2) is 0 Å². The normalized spacial score (nSPS) is 12.1. The Morgan fingerprint density at radius 3 is 2.84 bits per heavy atom. The molecule has 0 aliphatic carbocycles. The molecule has 0 bridgehead atoms. The van der Waals surface area contributed by atoms with E-state index in [-0.39, 0.29) is 6.04 Å². The SMILES string of the molecule is Cc1ccc(N(C)C(C)CC#N)c(/C=C/C(=O)O)c1. The molecule has 0 spiro atoms. The van der Waals surface area contributed by atoms with E-state index in [1.54, 1.807) is 6.08 Å².